The molecule has 0 spiro atoms. The van der Waals surface area contributed by atoms with Crippen LogP contribution in [0.1, 0.15) is 5.56 Å². The molecule has 0 amide bonds. The number of rotatable bonds is 6. The van der Waals surface area contributed by atoms with Crippen molar-refractivity contribution in [2.75, 3.05) is 43.7 Å². The number of aryl methyl sites for hydroxylation is 1. The van der Waals surface area contributed by atoms with Crippen LogP contribution in [0.4, 0.5) is 11.8 Å². The van der Waals surface area contributed by atoms with Crippen molar-refractivity contribution in [3.05, 3.63) is 54.4 Å². The predicted octanol–water partition coefficient (Wildman–Crippen LogP) is 2.72. The number of morpholine rings is 1. The lowest BCUT2D eigenvalue weighted by molar-refractivity contribution is 0.122. The maximum Gasteiger partial charge on any atom is 0.247 e. The minimum atomic E-state index is 0.396. The minimum absolute atomic E-state index is 0.396. The highest BCUT2D eigenvalue weighted by Crippen LogP contribution is 2.29. The van der Waals surface area contributed by atoms with Gasteiger partial charge in [0.2, 0.25) is 5.95 Å². The summed E-state index contributed by atoms with van der Waals surface area (Å²) in [6.07, 6.45) is 5.21. The first-order valence-electron chi connectivity index (χ1n) is 10.6. The van der Waals surface area contributed by atoms with Crippen LogP contribution >= 0.6 is 0 Å². The second kappa shape index (κ2) is 9.21. The van der Waals surface area contributed by atoms with Crippen LogP contribution < -0.4 is 15.1 Å². The molecule has 4 aromatic rings. The largest absolute Gasteiger partial charge is 0.497 e. The lowest BCUT2D eigenvalue weighted by Crippen LogP contribution is -2.37. The molecule has 0 bridgehead atoms. The van der Waals surface area contributed by atoms with Crippen molar-refractivity contribution < 1.29 is 9.47 Å². The zero-order valence-corrected chi connectivity index (χ0v) is 18.5. The Morgan fingerprint density at radius 2 is 1.91 bits per heavy atom. The smallest absolute Gasteiger partial charge is 0.247 e. The van der Waals surface area contributed by atoms with Crippen LogP contribution in [0.3, 0.4) is 0 Å². The summed E-state index contributed by atoms with van der Waals surface area (Å²) in [6.45, 7) is 2.76. The van der Waals surface area contributed by atoms with Gasteiger partial charge in [-0.15, -0.1) is 0 Å². The molecule has 0 aliphatic carbocycles. The van der Waals surface area contributed by atoms with E-state index in [1.165, 1.54) is 0 Å². The number of hydrogen-bond donors (Lipinski definition) is 1. The van der Waals surface area contributed by atoms with Gasteiger partial charge in [-0.2, -0.15) is 15.1 Å². The second-order valence-electron chi connectivity index (χ2n) is 7.52. The van der Waals surface area contributed by atoms with Crippen molar-refractivity contribution >= 4 is 29.1 Å². The summed E-state index contributed by atoms with van der Waals surface area (Å²) in [7, 11) is 3.59. The van der Waals surface area contributed by atoms with E-state index in [0.717, 1.165) is 52.8 Å². The third-order valence-electron chi connectivity index (χ3n) is 5.42. The van der Waals surface area contributed by atoms with E-state index in [-0.39, 0.29) is 0 Å². The molecule has 0 saturated carbocycles. The van der Waals surface area contributed by atoms with Gasteiger partial charge in [0.25, 0.3) is 0 Å². The van der Waals surface area contributed by atoms with Crippen LogP contribution in [0.2, 0.25) is 0 Å². The van der Waals surface area contributed by atoms with Gasteiger partial charge in [0, 0.05) is 38.1 Å². The maximum absolute atomic E-state index is 5.53. The topological polar surface area (TPSA) is 103 Å². The molecule has 4 heterocycles. The number of anilines is 2. The molecule has 168 valence electrons. The van der Waals surface area contributed by atoms with Gasteiger partial charge in [-0.05, 0) is 29.8 Å². The van der Waals surface area contributed by atoms with Crippen LogP contribution in [-0.2, 0) is 11.8 Å². The third kappa shape index (κ3) is 4.33. The SMILES string of the molecule is COc1cccc(/C=N/Nc2nc(N3CCOCC3)c3nc(-c4ccncc4)n(C)c3n2)c1. The van der Waals surface area contributed by atoms with Crippen LogP contribution in [0.15, 0.2) is 53.9 Å². The Bertz CT molecular complexity index is 1280. The average Bonchev–Trinajstić information content (AvgIpc) is 3.21. The van der Waals surface area contributed by atoms with E-state index < -0.39 is 0 Å². The highest BCUT2D eigenvalue weighted by molar-refractivity contribution is 5.88. The van der Waals surface area contributed by atoms with Gasteiger partial charge < -0.3 is 18.9 Å². The lowest BCUT2D eigenvalue weighted by Gasteiger charge is -2.27. The van der Waals surface area contributed by atoms with Crippen molar-refractivity contribution in [1.82, 2.24) is 24.5 Å². The molecule has 1 saturated heterocycles. The Morgan fingerprint density at radius 1 is 1.09 bits per heavy atom. The van der Waals surface area contributed by atoms with E-state index in [4.69, 9.17) is 24.4 Å². The number of fused-ring (bicyclic) bond motifs is 1. The molecule has 1 N–H and O–H groups in total. The van der Waals surface area contributed by atoms with Crippen molar-refractivity contribution in [2.24, 2.45) is 12.1 Å². The van der Waals surface area contributed by atoms with E-state index >= 15 is 0 Å². The highest BCUT2D eigenvalue weighted by Gasteiger charge is 2.22. The van der Waals surface area contributed by atoms with E-state index in [2.05, 4.69) is 20.4 Å². The fourth-order valence-corrected chi connectivity index (χ4v) is 3.74. The molecular formula is C23H24N8O2. The second-order valence-corrected chi connectivity index (χ2v) is 7.52. The van der Waals surface area contributed by atoms with Gasteiger partial charge in [-0.3, -0.25) is 4.98 Å². The minimum Gasteiger partial charge on any atom is -0.497 e. The van der Waals surface area contributed by atoms with Crippen LogP contribution in [0.25, 0.3) is 22.6 Å². The first kappa shape index (κ1) is 20.8. The molecule has 3 aromatic heterocycles. The maximum atomic E-state index is 5.53. The lowest BCUT2D eigenvalue weighted by atomic mass is 10.2. The van der Waals surface area contributed by atoms with Gasteiger partial charge in [0.15, 0.2) is 17.0 Å². The molecule has 10 nitrogen and oxygen atoms in total. The summed E-state index contributed by atoms with van der Waals surface area (Å²) in [5, 5.41) is 4.34. The number of imidazole rings is 1. The quantitative estimate of drug-likeness (QED) is 0.358. The molecule has 33 heavy (non-hydrogen) atoms. The summed E-state index contributed by atoms with van der Waals surface area (Å²) in [4.78, 5) is 20.6. The van der Waals surface area contributed by atoms with E-state index in [9.17, 15) is 0 Å². The third-order valence-corrected chi connectivity index (χ3v) is 5.42. The number of nitrogens with zero attached hydrogens (tertiary/aromatic N) is 7. The highest BCUT2D eigenvalue weighted by atomic mass is 16.5. The van der Waals surface area contributed by atoms with Crippen LogP contribution in [0.5, 0.6) is 5.75 Å². The summed E-state index contributed by atoms with van der Waals surface area (Å²) in [5.74, 6) is 2.73. The van der Waals surface area contributed by atoms with Gasteiger partial charge in [-0.1, -0.05) is 12.1 Å². The standard InChI is InChI=1S/C23H24N8O2/c1-30-20(17-6-8-24-9-7-17)26-19-21(30)27-23(28-22(19)31-10-12-33-13-11-31)29-25-15-16-4-3-5-18(14-16)32-2/h3-9,14-15H,10-13H2,1-2H3,(H,27,28,29)/b25-15+. The number of ether oxygens (including phenoxy) is 2. The van der Waals surface area contributed by atoms with Crippen molar-refractivity contribution in [3.63, 3.8) is 0 Å². The van der Waals surface area contributed by atoms with Gasteiger partial charge in [0.05, 0.1) is 26.5 Å². The molecule has 1 fully saturated rings. The molecule has 1 aliphatic rings. The summed E-state index contributed by atoms with van der Waals surface area (Å²) >= 11 is 0. The Labute approximate surface area is 190 Å². The number of methoxy groups -OCH3 is 1. The van der Waals surface area contributed by atoms with E-state index in [1.54, 1.807) is 25.7 Å². The van der Waals surface area contributed by atoms with Crippen LogP contribution in [0, 0.1) is 0 Å². The number of hydrogen-bond acceptors (Lipinski definition) is 9. The van der Waals surface area contributed by atoms with Gasteiger partial charge in [-0.25, -0.2) is 10.4 Å². The van der Waals surface area contributed by atoms with Gasteiger partial charge >= 0.3 is 0 Å². The zero-order valence-electron chi connectivity index (χ0n) is 18.5. The number of aromatic nitrogens is 5. The number of nitrogens with one attached hydrogen (secondary N) is 1. The first-order chi connectivity index (χ1) is 16.2. The molecule has 10 heteroatoms. The fourth-order valence-electron chi connectivity index (χ4n) is 3.74. The first-order valence-corrected chi connectivity index (χ1v) is 10.6. The van der Waals surface area contributed by atoms with E-state index in [1.807, 2.05) is 48.0 Å². The normalized spacial score (nSPS) is 14.2. The Hall–Kier alpha value is -4.05. The molecule has 5 rings (SSSR count). The van der Waals surface area contributed by atoms with E-state index in [0.29, 0.717) is 19.2 Å². The van der Waals surface area contributed by atoms with Crippen molar-refractivity contribution in [3.8, 4) is 17.1 Å². The Kier molecular flexibility index (Phi) is 5.81. The molecule has 0 radical (unpaired) electrons. The van der Waals surface area contributed by atoms with Crippen LogP contribution in [-0.4, -0.2) is 64.1 Å². The molecule has 0 unspecified atom stereocenters. The van der Waals surface area contributed by atoms with Crippen molar-refractivity contribution in [1.29, 1.82) is 0 Å². The fraction of sp³-hybridized carbons (Fsp3) is 0.261. The summed E-state index contributed by atoms with van der Waals surface area (Å²) < 4.78 is 12.8. The number of hydrazone groups is 1. The number of pyridine rings is 1. The molecule has 0 atom stereocenters. The Balaban J connectivity index is 1.53. The molecular weight excluding hydrogens is 420 g/mol. The Morgan fingerprint density at radius 3 is 2.70 bits per heavy atom. The predicted molar refractivity (Wildman–Crippen MR) is 127 cm³/mol. The monoisotopic (exact) mass is 444 g/mol. The number of benzene rings is 1. The zero-order chi connectivity index (χ0) is 22.6. The molecule has 1 aliphatic heterocycles. The average molecular weight is 444 g/mol. The molecule has 1 aromatic carbocycles. The summed E-state index contributed by atoms with van der Waals surface area (Å²) in [6, 6.07) is 11.5. The van der Waals surface area contributed by atoms with Crippen molar-refractivity contribution in [2.45, 2.75) is 0 Å². The van der Waals surface area contributed by atoms with Gasteiger partial charge in [0.1, 0.15) is 11.6 Å². The summed E-state index contributed by atoms with van der Waals surface area (Å²) in [5.41, 5.74) is 6.30.